The molecule has 0 spiro atoms. The predicted octanol–water partition coefficient (Wildman–Crippen LogP) is 6.52. The van der Waals surface area contributed by atoms with Gasteiger partial charge in [-0.2, -0.15) is 13.2 Å². The van der Waals surface area contributed by atoms with E-state index in [1.165, 1.54) is 20.8 Å². The summed E-state index contributed by atoms with van der Waals surface area (Å²) in [6.07, 6.45) is -4.24. The number of pyridine rings is 2. The summed E-state index contributed by atoms with van der Waals surface area (Å²) in [5, 5.41) is 0. The first kappa shape index (κ1) is 25.0. The van der Waals surface area contributed by atoms with Gasteiger partial charge in [0.2, 0.25) is 0 Å². The third-order valence-corrected chi connectivity index (χ3v) is 4.39. The molecule has 0 bridgehead atoms. The fraction of sp³-hybridized carbons (Fsp3) is 0.261. The number of hydrogen-bond acceptors (Lipinski definition) is 4. The number of carbonyl (C=O) groups is 1. The van der Waals surface area contributed by atoms with Crippen molar-refractivity contribution in [3.05, 3.63) is 77.5 Å². The topological polar surface area (TPSA) is 55.3 Å². The molecule has 0 atom stereocenters. The summed E-state index contributed by atoms with van der Waals surface area (Å²) >= 11 is 0. The number of ether oxygens (including phenoxy) is 1. The van der Waals surface area contributed by atoms with Crippen LogP contribution in [-0.4, -0.2) is 21.7 Å². The Hall–Kier alpha value is -3.63. The van der Waals surface area contributed by atoms with Gasteiger partial charge in [0.05, 0.1) is 24.1 Å². The molecule has 11 heteroatoms. The van der Waals surface area contributed by atoms with Crippen molar-refractivity contribution in [1.82, 2.24) is 9.97 Å². The minimum Gasteiger partial charge on any atom is -0.443 e. The zero-order chi connectivity index (χ0) is 25.3. The van der Waals surface area contributed by atoms with Gasteiger partial charge in [-0.3, -0.25) is 9.88 Å². The van der Waals surface area contributed by atoms with Crippen LogP contribution < -0.4 is 4.90 Å². The molecule has 0 radical (unpaired) electrons. The summed E-state index contributed by atoms with van der Waals surface area (Å²) < 4.78 is 88.3. The molecule has 34 heavy (non-hydrogen) atoms. The van der Waals surface area contributed by atoms with Crippen molar-refractivity contribution in [2.24, 2.45) is 0 Å². The van der Waals surface area contributed by atoms with Crippen molar-refractivity contribution in [2.75, 3.05) is 4.90 Å². The molecule has 0 aliphatic heterocycles. The second-order valence-corrected chi connectivity index (χ2v) is 8.26. The average molecular weight is 483 g/mol. The number of carbonyl (C=O) groups excluding carboxylic acids is 1. The Morgan fingerprint density at radius 2 is 1.68 bits per heavy atom. The van der Waals surface area contributed by atoms with E-state index in [0.29, 0.717) is 11.0 Å². The number of nitrogens with zero attached hydrogens (tertiary/aromatic N) is 3. The number of amides is 1. The number of alkyl halides is 3. The second kappa shape index (κ2) is 9.32. The molecule has 5 nitrogen and oxygen atoms in total. The summed E-state index contributed by atoms with van der Waals surface area (Å²) in [4.78, 5) is 20.6. The Labute approximate surface area is 191 Å². The van der Waals surface area contributed by atoms with Crippen LogP contribution in [0.25, 0.3) is 11.3 Å². The first-order valence-corrected chi connectivity index (χ1v) is 9.88. The summed E-state index contributed by atoms with van der Waals surface area (Å²) in [6.45, 7) is 3.81. The van der Waals surface area contributed by atoms with Gasteiger partial charge >= 0.3 is 12.3 Å². The molecule has 3 rings (SSSR count). The van der Waals surface area contributed by atoms with Gasteiger partial charge in [0.25, 0.3) is 0 Å². The van der Waals surface area contributed by atoms with Crippen LogP contribution in [0.1, 0.15) is 32.0 Å². The van der Waals surface area contributed by atoms with Crippen molar-refractivity contribution in [1.29, 1.82) is 0 Å². The van der Waals surface area contributed by atoms with E-state index in [-0.39, 0.29) is 16.8 Å². The van der Waals surface area contributed by atoms with E-state index in [9.17, 15) is 31.1 Å². The van der Waals surface area contributed by atoms with Crippen molar-refractivity contribution in [3.63, 3.8) is 0 Å². The summed E-state index contributed by atoms with van der Waals surface area (Å²) in [5.74, 6) is -2.73. The van der Waals surface area contributed by atoms with Gasteiger partial charge in [-0.25, -0.2) is 22.9 Å². The fourth-order valence-electron chi connectivity index (χ4n) is 2.98. The highest BCUT2D eigenvalue weighted by Crippen LogP contribution is 2.38. The first-order valence-electron chi connectivity index (χ1n) is 9.88. The minimum atomic E-state index is -5.05. The van der Waals surface area contributed by atoms with E-state index in [1.807, 2.05) is 0 Å². The van der Waals surface area contributed by atoms with Crippen LogP contribution in [0.3, 0.4) is 0 Å². The maximum absolute atomic E-state index is 14.3. The minimum absolute atomic E-state index is 0.0227. The average Bonchev–Trinajstić information content (AvgIpc) is 2.71. The maximum atomic E-state index is 14.3. The van der Waals surface area contributed by atoms with E-state index in [1.54, 1.807) is 0 Å². The lowest BCUT2D eigenvalue weighted by Crippen LogP contribution is -2.38. The molecule has 0 saturated heterocycles. The molecular weight excluding hydrogens is 464 g/mol. The molecule has 0 unspecified atom stereocenters. The Morgan fingerprint density at radius 3 is 2.26 bits per heavy atom. The molecule has 2 heterocycles. The van der Waals surface area contributed by atoms with Crippen LogP contribution in [0, 0.1) is 17.5 Å². The number of benzene rings is 1. The molecule has 1 aromatic carbocycles. The zero-order valence-electron chi connectivity index (χ0n) is 18.3. The highest BCUT2D eigenvalue weighted by molar-refractivity contribution is 5.89. The molecule has 0 N–H and O–H groups in total. The largest absolute Gasteiger partial charge is 0.443 e. The number of aromatic nitrogens is 2. The van der Waals surface area contributed by atoms with Gasteiger partial charge in [-0.15, -0.1) is 0 Å². The van der Waals surface area contributed by atoms with E-state index in [0.717, 1.165) is 42.7 Å². The lowest BCUT2D eigenvalue weighted by Gasteiger charge is -2.29. The zero-order valence-corrected chi connectivity index (χ0v) is 18.3. The highest BCUT2D eigenvalue weighted by atomic mass is 19.4. The molecule has 0 aliphatic rings. The molecule has 0 saturated carbocycles. The van der Waals surface area contributed by atoms with Crippen molar-refractivity contribution < 1.29 is 35.9 Å². The lowest BCUT2D eigenvalue weighted by atomic mass is 10.1. The summed E-state index contributed by atoms with van der Waals surface area (Å²) in [6, 6.07) is 5.51. The Morgan fingerprint density at radius 1 is 0.971 bits per heavy atom. The molecule has 2 aromatic heterocycles. The van der Waals surface area contributed by atoms with E-state index in [2.05, 4.69) is 9.97 Å². The molecular formula is C23H19F6N3O2. The Balaban J connectivity index is 2.15. The maximum Gasteiger partial charge on any atom is 0.435 e. The first-order chi connectivity index (χ1) is 15.7. The fourth-order valence-corrected chi connectivity index (χ4v) is 2.98. The number of rotatable bonds is 4. The van der Waals surface area contributed by atoms with Crippen molar-refractivity contribution >= 4 is 11.8 Å². The van der Waals surface area contributed by atoms with Crippen LogP contribution in [0.5, 0.6) is 0 Å². The standard InChI is InChI=1S/C23H19F6N3O2/c1-22(2,3)34-21(33)32(12-13-4-5-15(24)9-17(13)26)19-7-6-18(31-20(19)23(27,28)29)14-8-16(25)11-30-10-14/h4-11H,12H2,1-3H3. The van der Waals surface area contributed by atoms with Crippen molar-refractivity contribution in [2.45, 2.75) is 39.1 Å². The Kier molecular flexibility index (Phi) is 6.85. The molecule has 0 fully saturated rings. The van der Waals surface area contributed by atoms with Crippen LogP contribution in [0.2, 0.25) is 0 Å². The van der Waals surface area contributed by atoms with Gasteiger partial charge < -0.3 is 4.74 Å². The highest BCUT2D eigenvalue weighted by Gasteiger charge is 2.39. The normalized spacial score (nSPS) is 11.9. The quantitative estimate of drug-likeness (QED) is 0.397. The third-order valence-electron chi connectivity index (χ3n) is 4.39. The van der Waals surface area contributed by atoms with Gasteiger partial charge in [0, 0.05) is 23.4 Å². The monoisotopic (exact) mass is 483 g/mol. The van der Waals surface area contributed by atoms with E-state index in [4.69, 9.17) is 4.74 Å². The van der Waals surface area contributed by atoms with Gasteiger partial charge in [-0.1, -0.05) is 6.07 Å². The molecule has 0 aliphatic carbocycles. The van der Waals surface area contributed by atoms with E-state index >= 15 is 0 Å². The van der Waals surface area contributed by atoms with Crippen molar-refractivity contribution in [3.8, 4) is 11.3 Å². The predicted molar refractivity (Wildman–Crippen MR) is 111 cm³/mol. The summed E-state index contributed by atoms with van der Waals surface area (Å²) in [7, 11) is 0. The van der Waals surface area contributed by atoms with E-state index < -0.39 is 53.2 Å². The number of halogens is 6. The SMILES string of the molecule is CC(C)(C)OC(=O)N(Cc1ccc(F)cc1F)c1ccc(-c2cncc(F)c2)nc1C(F)(F)F. The van der Waals surface area contributed by atoms with Gasteiger partial charge in [-0.05, 0) is 45.0 Å². The molecule has 3 aromatic rings. The van der Waals surface area contributed by atoms with Gasteiger partial charge in [0.1, 0.15) is 23.1 Å². The van der Waals surface area contributed by atoms with Crippen LogP contribution in [0.4, 0.5) is 36.8 Å². The van der Waals surface area contributed by atoms with Crippen LogP contribution >= 0.6 is 0 Å². The molecule has 1 amide bonds. The lowest BCUT2D eigenvalue weighted by molar-refractivity contribution is -0.140. The third kappa shape index (κ3) is 6.03. The second-order valence-electron chi connectivity index (χ2n) is 8.26. The summed E-state index contributed by atoms with van der Waals surface area (Å²) in [5.41, 5.74) is -3.82. The smallest absolute Gasteiger partial charge is 0.435 e. The number of hydrogen-bond donors (Lipinski definition) is 0. The number of anilines is 1. The Bertz CT molecular complexity index is 1210. The van der Waals surface area contributed by atoms with Crippen LogP contribution in [-0.2, 0) is 17.5 Å². The van der Waals surface area contributed by atoms with Crippen LogP contribution in [0.15, 0.2) is 48.8 Å². The molecule has 180 valence electrons. The van der Waals surface area contributed by atoms with Gasteiger partial charge in [0.15, 0.2) is 5.69 Å².